The summed E-state index contributed by atoms with van der Waals surface area (Å²) in [5.74, 6) is -4.05. The lowest BCUT2D eigenvalue weighted by molar-refractivity contribution is -0.385. The van der Waals surface area contributed by atoms with Crippen LogP contribution in [0.25, 0.3) is 32.7 Å². The number of aliphatic hydroxyl groups excluding tert-OH is 2. The number of alkyl halides is 1. The number of para-hydroxylation sites is 3. The zero-order chi connectivity index (χ0) is 105. The van der Waals surface area contributed by atoms with Crippen molar-refractivity contribution in [2.45, 2.75) is 186 Å². The zero-order valence-corrected chi connectivity index (χ0v) is 89.3. The third kappa shape index (κ3) is 51.4. The Kier molecular flexibility index (Phi) is 62.6. The number of carboxylic acid groups (broad SMARTS) is 1. The molecule has 0 unspecified atom stereocenters. The van der Waals surface area contributed by atoms with E-state index in [2.05, 4.69) is 79.7 Å². The number of aliphatic hydroxyl groups is 2. The van der Waals surface area contributed by atoms with Gasteiger partial charge in [0.25, 0.3) is 11.4 Å². The number of aliphatic carboxylic acids is 1. The number of nitro groups is 2. The van der Waals surface area contributed by atoms with Gasteiger partial charge in [0.15, 0.2) is 0 Å². The fourth-order valence-corrected chi connectivity index (χ4v) is 12.9. The number of urea groups is 3. The number of nitrogens with zero attached hydrogens (tertiary/aromatic N) is 2. The first-order valence-electron chi connectivity index (χ1n) is 43.9. The molecule has 52 heteroatoms. The Balaban J connectivity index is 0. The zero-order valence-electron chi connectivity index (χ0n) is 82.6. The Bertz CT molecular complexity index is 5780. The van der Waals surface area contributed by atoms with E-state index in [0.717, 1.165) is 60.6 Å². The van der Waals surface area contributed by atoms with Gasteiger partial charge in [0.05, 0.1) is 30.2 Å². The Morgan fingerprint density at radius 2 is 0.694 bits per heavy atom. The number of carbonyl (C=O) groups is 13. The Hall–Kier alpha value is -14.2. The molecule has 0 saturated carbocycles. The van der Waals surface area contributed by atoms with Crippen LogP contribution in [-0.4, -0.2) is 204 Å². The largest absolute Gasteiger partial charge is 0.519 e. The number of nitrogen functional groups attached to an aromatic ring is 1. The van der Waals surface area contributed by atoms with E-state index in [1.54, 1.807) is 129 Å². The number of benzene rings is 7. The number of halogens is 1. The van der Waals surface area contributed by atoms with Gasteiger partial charge in [-0.05, 0) is 195 Å². The van der Waals surface area contributed by atoms with Crippen molar-refractivity contribution < 1.29 is 116 Å². The minimum absolute atomic E-state index is 0. The van der Waals surface area contributed by atoms with Crippen LogP contribution >= 0.6 is 92.6 Å². The second kappa shape index (κ2) is 68.2. The van der Waals surface area contributed by atoms with Crippen molar-refractivity contribution in [3.05, 3.63) is 236 Å². The molecular formula is C95H134ClN19O26S6. The molecule has 808 valence electrons. The number of aromatic nitrogens is 3. The molecule has 147 heavy (non-hydrogen) atoms. The quantitative estimate of drug-likeness (QED) is 0.00251. The molecule has 0 aliphatic carbocycles. The van der Waals surface area contributed by atoms with Gasteiger partial charge < -0.3 is 135 Å². The van der Waals surface area contributed by atoms with Gasteiger partial charge in [0, 0.05) is 132 Å². The maximum atomic E-state index is 13.6. The van der Waals surface area contributed by atoms with Gasteiger partial charge in [-0.15, -0.1) is 11.6 Å². The number of carboxylic acids is 1. The van der Waals surface area contributed by atoms with Crippen LogP contribution in [0, 0.1) is 20.2 Å². The predicted octanol–water partition coefficient (Wildman–Crippen LogP) is 11.4. The molecule has 0 aliphatic heterocycles. The first-order valence-corrected chi connectivity index (χ1v) is 44.6. The number of primary amides is 3. The van der Waals surface area contributed by atoms with Gasteiger partial charge >= 0.3 is 54.5 Å². The smallest absolute Gasteiger partial charge is 0.480 e. The first kappa shape index (κ1) is 135. The van der Waals surface area contributed by atoms with Gasteiger partial charge in [0.1, 0.15) is 64.6 Å². The number of nitrogens with two attached hydrogens (primary N) is 4. The average molecular weight is 2190 g/mol. The highest BCUT2D eigenvalue weighted by atomic mass is 35.5. The minimum atomic E-state index is -1.23. The van der Waals surface area contributed by atoms with Crippen molar-refractivity contribution in [3.63, 3.8) is 0 Å². The van der Waals surface area contributed by atoms with Crippen molar-refractivity contribution in [3.8, 4) is 11.5 Å². The summed E-state index contributed by atoms with van der Waals surface area (Å²) >= 11 is 4.64. The number of aromatic amines is 3. The molecule has 3 heterocycles. The lowest BCUT2D eigenvalue weighted by Gasteiger charge is -2.25. The van der Waals surface area contributed by atoms with Crippen molar-refractivity contribution in [2.75, 3.05) is 44.2 Å². The molecule has 0 fully saturated rings. The van der Waals surface area contributed by atoms with Crippen LogP contribution in [0.4, 0.5) is 56.3 Å². The summed E-state index contributed by atoms with van der Waals surface area (Å²) in [5, 5.41) is 76.7. The molecule has 0 radical (unpaired) electrons. The highest BCUT2D eigenvalue weighted by Gasteiger charge is 2.34. The lowest BCUT2D eigenvalue weighted by atomic mass is 10.0. The van der Waals surface area contributed by atoms with Crippen molar-refractivity contribution >= 4 is 226 Å². The fourth-order valence-electron chi connectivity index (χ4n) is 12.9. The Morgan fingerprint density at radius 3 is 0.986 bits per heavy atom. The van der Waals surface area contributed by atoms with Gasteiger partial charge in [0.2, 0.25) is 23.6 Å². The van der Waals surface area contributed by atoms with E-state index in [-0.39, 0.29) is 182 Å². The van der Waals surface area contributed by atoms with E-state index >= 15 is 0 Å². The van der Waals surface area contributed by atoms with Gasteiger partial charge in [-0.1, -0.05) is 78.9 Å². The fraction of sp³-hybridized carbons (Fsp3) is 0.358. The standard InChI is InChI=1S/C29H38N6O6.C23H33N5O6.C22H31N5O6.C13H8N2O7.C7H9NO.CH3Cl.6H2S/c1-29(2,3)41-28(40)35-24(15-19-16-32-22-8-5-4-7-21(19)22)26(38)34-23(9-6-14-31-27(30)39)25(37)33-20-12-10-18(17-36)11-13-20;1-23(2,3)34-22(32)28-18(12-14-13-26-16-9-6-5-8-15(14)16)19(29)27-17(20(30)33-4)10-7-11-25-21(24)31;1-22(2,3)33-21(32)27-17(11-13-12-25-15-8-5-4-7-14(13)15)18(28)26-16(19(29)30)9-6-10-24-20(23)31;16-13(21-11-5-1-9(2-6-11)14(17)18)22-12-7-3-10(4-8-12)15(19)20;8-7-3-1-6(5-9)2-4-7;1-2;;;;;;/h4-5,7-8,10-13,16,23-24,32,36H,6,9,14-15,17H2,1-3H3,(H,33,37)(H,34,38)(H,35,40)(H3,30,31,39);5-6,8-9,13,17-18,26H,7,10-12H2,1-4H3,(H,27,29)(H,28,32)(H3,24,25,31);4-5,7-8,12,16-17,25H,6,9-11H2,1-3H3,(H,26,28)(H,27,32)(H,29,30)(H3,23,24,31);1-8H;1-4,9H,5,8H2;1H3;6*1H2/t23-,24-;17-,18-;16-,17-;;;;;;;;;/m000........./s1. The molecule has 10 rings (SSSR count). The van der Waals surface area contributed by atoms with Crippen LogP contribution in [0.1, 0.15) is 129 Å². The van der Waals surface area contributed by atoms with E-state index in [1.165, 1.54) is 62.0 Å². The summed E-state index contributed by atoms with van der Waals surface area (Å²) in [4.78, 5) is 188. The maximum Gasteiger partial charge on any atom is 0.519 e. The highest BCUT2D eigenvalue weighted by Crippen LogP contribution is 2.26. The van der Waals surface area contributed by atoms with Gasteiger partial charge in [-0.3, -0.25) is 39.4 Å². The number of non-ortho nitro benzene ring substituents is 2. The number of alkyl carbamates (subject to hydrolysis) is 3. The number of hydrogen-bond acceptors (Lipinski definition) is 26. The number of methoxy groups -OCH3 is 1. The summed E-state index contributed by atoms with van der Waals surface area (Å²) in [6.07, 6.45) is 5.23. The number of anilines is 2. The van der Waals surface area contributed by atoms with Crippen LogP contribution in [-0.2, 0) is 80.2 Å². The van der Waals surface area contributed by atoms with Crippen LogP contribution in [0.5, 0.6) is 11.5 Å². The maximum absolute atomic E-state index is 13.6. The number of esters is 1. The summed E-state index contributed by atoms with van der Waals surface area (Å²) in [6, 6.07) is 37.7. The Morgan fingerprint density at radius 1 is 0.401 bits per heavy atom. The second-order valence-corrected chi connectivity index (χ2v) is 33.8. The van der Waals surface area contributed by atoms with Crippen LogP contribution in [0.15, 0.2) is 188 Å². The third-order valence-electron chi connectivity index (χ3n) is 19.3. The Labute approximate surface area is 894 Å². The number of nitrogens with one attached hydrogen (secondary N) is 13. The van der Waals surface area contributed by atoms with Crippen LogP contribution < -0.4 is 85.6 Å². The summed E-state index contributed by atoms with van der Waals surface area (Å²) in [5.41, 5.74) is 25.8. The molecule has 3 aromatic heterocycles. The number of H-pyrrole nitrogens is 3. The molecule has 0 saturated heterocycles. The summed E-state index contributed by atoms with van der Waals surface area (Å²) < 4.78 is 30.4. The second-order valence-electron chi connectivity index (χ2n) is 33.8. The first-order chi connectivity index (χ1) is 66.7. The number of hydrogen-bond donors (Lipinski definition) is 20. The van der Waals surface area contributed by atoms with Crippen molar-refractivity contribution in [1.82, 2.24) is 62.8 Å². The van der Waals surface area contributed by atoms with E-state index in [0.29, 0.717) is 24.1 Å². The van der Waals surface area contributed by atoms with E-state index < -0.39 is 141 Å². The number of nitro benzene ring substituents is 2. The molecule has 0 spiro atoms. The van der Waals surface area contributed by atoms with E-state index in [4.69, 9.17) is 56.5 Å². The molecule has 6 atom stereocenters. The van der Waals surface area contributed by atoms with Gasteiger partial charge in [-0.2, -0.15) is 81.0 Å². The van der Waals surface area contributed by atoms with Gasteiger partial charge in [-0.25, -0.2) is 43.2 Å². The minimum Gasteiger partial charge on any atom is -0.480 e. The molecule has 24 N–H and O–H groups in total. The molecule has 0 aliphatic rings. The predicted molar refractivity (Wildman–Crippen MR) is 586 cm³/mol. The van der Waals surface area contributed by atoms with Crippen LogP contribution in [0.3, 0.4) is 0 Å². The number of rotatable bonds is 37. The molecule has 7 aromatic carbocycles. The third-order valence-corrected chi connectivity index (χ3v) is 19.3. The van der Waals surface area contributed by atoms with Crippen LogP contribution in [0.2, 0.25) is 0 Å². The number of carbonyl (C=O) groups excluding carboxylic acids is 12. The van der Waals surface area contributed by atoms with Crippen molar-refractivity contribution in [2.24, 2.45) is 17.2 Å². The molecule has 10 aromatic rings. The van der Waals surface area contributed by atoms with Crippen molar-refractivity contribution in [1.29, 1.82) is 0 Å². The molecular weight excluding hydrogens is 2050 g/mol. The lowest BCUT2D eigenvalue weighted by Crippen LogP contribution is -2.54. The average Bonchev–Trinajstić information content (AvgIpc) is 1.56. The summed E-state index contributed by atoms with van der Waals surface area (Å²) in [6.45, 7) is 15.9. The normalized spacial score (nSPS) is 11.6. The SMILES string of the molecule is CC(C)(C)OC(=O)N[C@@H](Cc1c[nH]c2ccccc12)C(=O)N[C@@H](CCCNC(N)=O)C(=O)Nc1ccc(CO)cc1.CC(C)(C)OC(=O)N[C@@H](Cc1c[nH]c2ccccc12)C(=O)N[C@@H](CCCNC(N)=O)C(=O)O.CCl.COC(=O)[C@H](CCCNC(N)=O)NC(=O)[C@H](Cc1c[nH]c2ccccc12)NC(=O)OC(C)(C)C.Nc1ccc(CO)cc1.O=C(Oc1ccc([N+](=O)[O-])cc1)Oc1ccc([N+](=O)[O-])cc1.S.S.S.S.S.S. The van der Waals surface area contributed by atoms with E-state index in [1.807, 2.05) is 72.8 Å². The molecule has 13 amide bonds. The molecule has 45 nitrogen and oxygen atoms in total. The number of amides is 13. The topological polar surface area (TPSA) is 696 Å². The summed E-state index contributed by atoms with van der Waals surface area (Å²) in [7, 11) is 1.21. The number of ether oxygens (including phenoxy) is 6. The molecule has 0 bridgehead atoms. The highest BCUT2D eigenvalue weighted by molar-refractivity contribution is 7.60. The monoisotopic (exact) mass is 2180 g/mol. The van der Waals surface area contributed by atoms with E-state index in [9.17, 15) is 92.8 Å². The number of fused-ring (bicyclic) bond motifs is 3.